The van der Waals surface area contributed by atoms with Gasteiger partial charge in [0, 0.05) is 21.7 Å². The van der Waals surface area contributed by atoms with Gasteiger partial charge in [-0.15, -0.1) is 13.8 Å². The number of anilines is 2. The van der Waals surface area contributed by atoms with Gasteiger partial charge < -0.3 is 10.4 Å². The average Bonchev–Trinajstić information content (AvgIpc) is 3.08. The number of hydrogen-bond donors (Lipinski definition) is 6. The van der Waals surface area contributed by atoms with Crippen molar-refractivity contribution in [2.45, 2.75) is 26.5 Å². The first kappa shape index (κ1) is 37.8. The summed E-state index contributed by atoms with van der Waals surface area (Å²) in [6.07, 6.45) is 2.99. The average molecular weight is 776 g/mol. The van der Waals surface area contributed by atoms with Gasteiger partial charge >= 0.3 is 0 Å². The van der Waals surface area contributed by atoms with Gasteiger partial charge in [-0.25, -0.2) is 10.5 Å². The van der Waals surface area contributed by atoms with E-state index in [2.05, 4.69) is 34.3 Å². The van der Waals surface area contributed by atoms with Gasteiger partial charge in [0.05, 0.1) is 39.6 Å². The Kier molecular flexibility index (Phi) is 12.1. The first-order valence-electron chi connectivity index (χ1n) is 14.0. The molecule has 16 nitrogen and oxygen atoms in total. The molecule has 5 aromatic rings. The largest absolute Gasteiger partial charge is 0.505 e. The van der Waals surface area contributed by atoms with Crippen LogP contribution in [0, 0.1) is 6.92 Å². The van der Waals surface area contributed by atoms with Gasteiger partial charge in [0.25, 0.3) is 20.2 Å². The normalized spacial score (nSPS) is 12.3. The van der Waals surface area contributed by atoms with Crippen LogP contribution >= 0.6 is 24.1 Å². The van der Waals surface area contributed by atoms with E-state index in [0.717, 1.165) is 0 Å². The summed E-state index contributed by atoms with van der Waals surface area (Å²) in [5, 5.41) is 48.4. The summed E-state index contributed by atoms with van der Waals surface area (Å²) in [7, 11) is -8.94. The maximum atomic E-state index is 11.9. The van der Waals surface area contributed by atoms with Crippen molar-refractivity contribution < 1.29 is 60.3 Å². The lowest BCUT2D eigenvalue weighted by atomic mass is 10.1. The number of rotatable bonds is 14. The van der Waals surface area contributed by atoms with Crippen LogP contribution in [0.3, 0.4) is 0 Å². The van der Waals surface area contributed by atoms with Crippen LogP contribution in [0.25, 0.3) is 22.9 Å². The molecule has 0 aliphatic heterocycles. The monoisotopic (exact) mass is 775 g/mol. The number of nitrogens with zero attached hydrogens (tertiary/aromatic N) is 2. The van der Waals surface area contributed by atoms with E-state index in [0.29, 0.717) is 62.3 Å². The van der Waals surface area contributed by atoms with E-state index in [1.54, 1.807) is 55.5 Å². The predicted molar refractivity (Wildman–Crippen MR) is 187 cm³/mol. The minimum atomic E-state index is -4.52. The number of fused-ring (bicyclic) bond motifs is 1. The Morgan fingerprint density at radius 2 is 1.41 bits per heavy atom. The van der Waals surface area contributed by atoms with Gasteiger partial charge in [0.15, 0.2) is 5.75 Å². The van der Waals surface area contributed by atoms with Crippen LogP contribution in [0.4, 0.5) is 22.7 Å². The molecule has 0 amide bonds. The molecule has 5 aromatic carbocycles. The highest BCUT2D eigenvalue weighted by Crippen LogP contribution is 2.45. The molecular formula is C31H25N3O13S4. The van der Waals surface area contributed by atoms with Crippen LogP contribution in [0.5, 0.6) is 5.75 Å². The number of phenols is 1. The number of aromatic hydroxyl groups is 1. The van der Waals surface area contributed by atoms with Gasteiger partial charge in [-0.3, -0.25) is 9.11 Å². The molecule has 0 aromatic heterocycles. The van der Waals surface area contributed by atoms with Crippen LogP contribution in [0.2, 0.25) is 0 Å². The lowest BCUT2D eigenvalue weighted by Gasteiger charge is -2.12. The van der Waals surface area contributed by atoms with Crippen molar-refractivity contribution in [1.82, 2.24) is 0 Å². The van der Waals surface area contributed by atoms with E-state index in [9.17, 15) is 31.0 Å². The van der Waals surface area contributed by atoms with Crippen LogP contribution in [-0.2, 0) is 39.0 Å². The molecule has 0 saturated heterocycles. The summed E-state index contributed by atoms with van der Waals surface area (Å²) in [6, 6.07) is 21.0. The number of aryl methyl sites for hydroxylation is 1. The van der Waals surface area contributed by atoms with Crippen LogP contribution in [-0.4, -0.2) is 41.6 Å². The molecule has 0 unspecified atom stereocenters. The molecule has 20 heteroatoms. The second-order valence-electron chi connectivity index (χ2n) is 10.4. The first-order chi connectivity index (χ1) is 24.3. The number of phenolic OH excluding ortho intramolecular Hbond substituents is 1. The highest BCUT2D eigenvalue weighted by molar-refractivity contribution is 7.95. The van der Waals surface area contributed by atoms with Crippen molar-refractivity contribution in [3.05, 3.63) is 102 Å². The molecule has 0 saturated carbocycles. The van der Waals surface area contributed by atoms with Crippen molar-refractivity contribution >= 4 is 90.0 Å². The fraction of sp³-hybridized carbons (Fsp3) is 0.0323. The summed E-state index contributed by atoms with van der Waals surface area (Å²) in [5.41, 5.74) is 2.30. The maximum absolute atomic E-state index is 11.9. The lowest BCUT2D eigenvalue weighted by molar-refractivity contribution is -0.432. The molecule has 0 heterocycles. The minimum absolute atomic E-state index is 0.0728. The van der Waals surface area contributed by atoms with Crippen molar-refractivity contribution in [2.75, 3.05) is 5.32 Å². The summed E-state index contributed by atoms with van der Waals surface area (Å²) in [6.45, 7) is 1.68. The summed E-state index contributed by atoms with van der Waals surface area (Å²) in [4.78, 5) is -0.106. The van der Waals surface area contributed by atoms with E-state index in [1.165, 1.54) is 48.6 Å². The third-order valence-electron chi connectivity index (χ3n) is 6.93. The zero-order valence-corrected chi connectivity index (χ0v) is 29.0. The third-order valence-corrected chi connectivity index (χ3v) is 9.97. The van der Waals surface area contributed by atoms with Crippen molar-refractivity contribution in [3.8, 4) is 5.75 Å². The standard InChI is InChI=1S/C31H25N3O13S4/c1-18-5-6-20(29(13-18)51(41,42)43)8-7-19-9-10-24(17-27(19)48-46-44-36)33-34-30-28(49-47-45-37)15-21-14-23(11-12-26(21)31(30)35)32-22-3-2-4-25(16-22)50(38,39)40/h2-17,32,35-37H,1H3,(H,38,39,40)(H,41,42,43). The summed E-state index contributed by atoms with van der Waals surface area (Å²) < 4.78 is 75.2. The molecule has 0 atom stereocenters. The Balaban J connectivity index is 1.48. The Morgan fingerprint density at radius 3 is 2.12 bits per heavy atom. The zero-order chi connectivity index (χ0) is 36.8. The molecule has 6 N–H and O–H groups in total. The number of benzene rings is 5. The number of nitrogens with one attached hydrogen (secondary N) is 1. The quantitative estimate of drug-likeness (QED) is 0.0154. The van der Waals surface area contributed by atoms with Crippen molar-refractivity contribution in [1.29, 1.82) is 0 Å². The van der Waals surface area contributed by atoms with Gasteiger partial charge in [-0.2, -0.15) is 21.9 Å². The first-order valence-corrected chi connectivity index (χ1v) is 18.4. The molecule has 51 heavy (non-hydrogen) atoms. The fourth-order valence-electron chi connectivity index (χ4n) is 4.68. The minimum Gasteiger partial charge on any atom is -0.505 e. The smallest absolute Gasteiger partial charge is 0.295 e. The Hall–Kier alpha value is -4.42. The number of hydrogen-bond acceptors (Lipinski definition) is 16. The van der Waals surface area contributed by atoms with Crippen molar-refractivity contribution in [3.63, 3.8) is 0 Å². The van der Waals surface area contributed by atoms with E-state index < -0.39 is 20.2 Å². The van der Waals surface area contributed by atoms with Gasteiger partial charge in [-0.1, -0.05) is 46.5 Å². The van der Waals surface area contributed by atoms with E-state index in [-0.39, 0.29) is 37.4 Å². The van der Waals surface area contributed by atoms with Crippen LogP contribution in [0.15, 0.2) is 115 Å². The van der Waals surface area contributed by atoms with Gasteiger partial charge in [0.2, 0.25) is 0 Å². The van der Waals surface area contributed by atoms with E-state index in [1.807, 2.05) is 0 Å². The van der Waals surface area contributed by atoms with Crippen LogP contribution < -0.4 is 5.32 Å². The van der Waals surface area contributed by atoms with E-state index >= 15 is 0 Å². The fourth-order valence-corrected chi connectivity index (χ4v) is 6.97. The SMILES string of the molecule is Cc1ccc(C=Cc2ccc(N=Nc3c(SOOO)cc4cc(Nc5cccc(S(=O)(=O)O)c5)ccc4c3O)cc2SOOO)c(S(=O)(=O)O)c1. The number of azo groups is 1. The molecule has 0 bridgehead atoms. The van der Waals surface area contributed by atoms with Gasteiger partial charge in [-0.05, 0) is 89.7 Å². The maximum Gasteiger partial charge on any atom is 0.295 e. The second kappa shape index (κ2) is 16.3. The summed E-state index contributed by atoms with van der Waals surface area (Å²) >= 11 is 1.11. The summed E-state index contributed by atoms with van der Waals surface area (Å²) in [5.74, 6) is -0.320. The van der Waals surface area contributed by atoms with E-state index in [4.69, 9.17) is 10.5 Å². The molecule has 0 radical (unpaired) electrons. The predicted octanol–water partition coefficient (Wildman–Crippen LogP) is 8.53. The molecule has 0 fully saturated rings. The van der Waals surface area contributed by atoms with Gasteiger partial charge in [0.1, 0.15) is 10.6 Å². The lowest BCUT2D eigenvalue weighted by Crippen LogP contribution is -2.01. The molecule has 0 aliphatic carbocycles. The Bertz CT molecular complexity index is 2370. The molecule has 0 spiro atoms. The molecule has 5 rings (SSSR count). The third kappa shape index (κ3) is 9.68. The highest BCUT2D eigenvalue weighted by Gasteiger charge is 2.17. The Morgan fingerprint density at radius 1 is 0.725 bits per heavy atom. The molecular weight excluding hydrogens is 751 g/mol. The zero-order valence-electron chi connectivity index (χ0n) is 25.8. The van der Waals surface area contributed by atoms with Crippen LogP contribution in [0.1, 0.15) is 16.7 Å². The second-order valence-corrected chi connectivity index (χ2v) is 14.7. The highest BCUT2D eigenvalue weighted by atomic mass is 32.2. The molecule has 0 aliphatic rings. The molecule has 266 valence electrons. The topological polar surface area (TPSA) is 243 Å². The van der Waals surface area contributed by atoms with Crippen molar-refractivity contribution in [2.24, 2.45) is 10.2 Å². The Labute approximate surface area is 298 Å².